The van der Waals surface area contributed by atoms with E-state index in [-0.39, 0.29) is 48.0 Å². The number of benzene rings is 2. The average molecular weight is 530 g/mol. The van der Waals surface area contributed by atoms with Crippen LogP contribution in [0.1, 0.15) is 52.6 Å². The van der Waals surface area contributed by atoms with Crippen LogP contribution in [-0.4, -0.2) is 45.0 Å². The van der Waals surface area contributed by atoms with E-state index in [0.717, 1.165) is 24.8 Å². The molecule has 1 fully saturated rings. The second-order valence-corrected chi connectivity index (χ2v) is 9.32. The normalized spacial score (nSPS) is 18.4. The quantitative estimate of drug-likeness (QED) is 0.228. The zero-order valence-corrected chi connectivity index (χ0v) is 21.6. The van der Waals surface area contributed by atoms with E-state index in [1.807, 2.05) is 37.3 Å². The van der Waals surface area contributed by atoms with Gasteiger partial charge >= 0.3 is 5.97 Å². The molecule has 0 saturated heterocycles. The molecule has 1 heterocycles. The van der Waals surface area contributed by atoms with Crippen LogP contribution in [0.2, 0.25) is 0 Å². The lowest BCUT2D eigenvalue weighted by molar-refractivity contribution is -0.117. The highest BCUT2D eigenvalue weighted by atomic mass is 16.5. The van der Waals surface area contributed by atoms with Crippen molar-refractivity contribution in [2.75, 3.05) is 10.6 Å². The van der Waals surface area contributed by atoms with E-state index in [0.29, 0.717) is 11.3 Å². The molecule has 1 aliphatic carbocycles. The van der Waals surface area contributed by atoms with Gasteiger partial charge < -0.3 is 26.4 Å². The first-order valence-electron chi connectivity index (χ1n) is 12.7. The Kier molecular flexibility index (Phi) is 8.82. The number of carbonyl (C=O) groups is 3. The lowest BCUT2D eigenvalue weighted by Gasteiger charge is -2.36. The van der Waals surface area contributed by atoms with E-state index < -0.39 is 11.9 Å². The third kappa shape index (κ3) is 7.16. The van der Waals surface area contributed by atoms with Crippen LogP contribution >= 0.6 is 0 Å². The number of amides is 2. The fraction of sp³-hybridized carbons (Fsp3) is 0.286. The molecular formula is C28H31N7O4. The van der Waals surface area contributed by atoms with Crippen LogP contribution in [0.5, 0.6) is 0 Å². The lowest BCUT2D eigenvalue weighted by atomic mass is 9.81. The Balaban J connectivity index is 1.48. The van der Waals surface area contributed by atoms with E-state index in [1.165, 1.54) is 6.08 Å². The molecule has 1 unspecified atom stereocenters. The molecule has 2 aromatic carbocycles. The SMILES string of the molecule is C=CC(=O)NC1CCC[C@@H](Nc2nnc(C(N)=O)c(Nc3cccc(C(=O)OCc4ccccc4)c3)n2)[C@H]1C. The standard InChI is InChI=1S/C28H31N7O4/c1-3-23(36)31-21-13-8-14-22(17(21)2)32-28-33-26(24(25(29)37)34-35-28)30-20-12-7-11-19(15-20)27(38)39-16-18-9-5-4-6-10-18/h3-7,9-12,15,17,21-22H,1,8,13-14,16H2,2H3,(H2,29,37)(H,31,36)(H2,30,32,33,35)/t17-,21?,22+/m0/s1. The van der Waals surface area contributed by atoms with Crippen molar-refractivity contribution in [2.24, 2.45) is 11.7 Å². The van der Waals surface area contributed by atoms with Gasteiger partial charge in [-0.25, -0.2) is 4.79 Å². The van der Waals surface area contributed by atoms with Gasteiger partial charge in [-0.1, -0.05) is 49.9 Å². The Morgan fingerprint density at radius 3 is 2.59 bits per heavy atom. The summed E-state index contributed by atoms with van der Waals surface area (Å²) in [6.45, 7) is 5.70. The topological polar surface area (TPSA) is 161 Å². The molecule has 3 atom stereocenters. The van der Waals surface area contributed by atoms with E-state index in [1.54, 1.807) is 24.3 Å². The van der Waals surface area contributed by atoms with Crippen molar-refractivity contribution in [3.63, 3.8) is 0 Å². The molecule has 2 amide bonds. The maximum atomic E-state index is 12.6. The molecule has 0 spiro atoms. The maximum Gasteiger partial charge on any atom is 0.338 e. The fourth-order valence-corrected chi connectivity index (χ4v) is 4.49. The van der Waals surface area contributed by atoms with Gasteiger partial charge in [0, 0.05) is 17.8 Å². The molecule has 5 N–H and O–H groups in total. The van der Waals surface area contributed by atoms with Crippen LogP contribution in [0.15, 0.2) is 67.3 Å². The summed E-state index contributed by atoms with van der Waals surface area (Å²) in [5.41, 5.74) is 7.04. The predicted octanol–water partition coefficient (Wildman–Crippen LogP) is 3.34. The molecular weight excluding hydrogens is 498 g/mol. The first-order valence-corrected chi connectivity index (χ1v) is 12.7. The summed E-state index contributed by atoms with van der Waals surface area (Å²) >= 11 is 0. The third-order valence-electron chi connectivity index (χ3n) is 6.62. The number of aromatic nitrogens is 3. The van der Waals surface area contributed by atoms with Crippen LogP contribution in [0, 0.1) is 5.92 Å². The molecule has 1 saturated carbocycles. The van der Waals surface area contributed by atoms with Crippen LogP contribution in [0.4, 0.5) is 17.5 Å². The van der Waals surface area contributed by atoms with Gasteiger partial charge in [0.25, 0.3) is 5.91 Å². The second-order valence-electron chi connectivity index (χ2n) is 9.32. The van der Waals surface area contributed by atoms with Crippen molar-refractivity contribution in [1.82, 2.24) is 20.5 Å². The summed E-state index contributed by atoms with van der Waals surface area (Å²) in [5, 5.41) is 17.3. The highest BCUT2D eigenvalue weighted by molar-refractivity contribution is 5.96. The number of nitrogens with zero attached hydrogens (tertiary/aromatic N) is 3. The first-order chi connectivity index (χ1) is 18.8. The van der Waals surface area contributed by atoms with Gasteiger partial charge in [0.15, 0.2) is 11.5 Å². The largest absolute Gasteiger partial charge is 0.457 e. The Bertz CT molecular complexity index is 1350. The van der Waals surface area contributed by atoms with Crippen molar-refractivity contribution in [2.45, 2.75) is 44.9 Å². The summed E-state index contributed by atoms with van der Waals surface area (Å²) < 4.78 is 5.41. The smallest absolute Gasteiger partial charge is 0.338 e. The van der Waals surface area contributed by atoms with Crippen LogP contribution < -0.4 is 21.7 Å². The minimum absolute atomic E-state index is 0.0263. The molecule has 1 aromatic heterocycles. The molecule has 3 aromatic rings. The molecule has 11 nitrogen and oxygen atoms in total. The monoisotopic (exact) mass is 529 g/mol. The van der Waals surface area contributed by atoms with Gasteiger partial charge in [0.05, 0.1) is 5.56 Å². The van der Waals surface area contributed by atoms with Crippen molar-refractivity contribution in [3.05, 3.63) is 84.1 Å². The number of rotatable bonds is 10. The molecule has 11 heteroatoms. The number of anilines is 3. The third-order valence-corrected chi connectivity index (χ3v) is 6.62. The molecule has 0 bridgehead atoms. The first kappa shape index (κ1) is 27.2. The number of nitrogens with one attached hydrogen (secondary N) is 3. The van der Waals surface area contributed by atoms with Crippen molar-refractivity contribution in [3.8, 4) is 0 Å². The molecule has 1 aliphatic rings. The summed E-state index contributed by atoms with van der Waals surface area (Å²) in [7, 11) is 0. The molecule has 202 valence electrons. The second kappa shape index (κ2) is 12.6. The van der Waals surface area contributed by atoms with Crippen molar-refractivity contribution in [1.29, 1.82) is 0 Å². The van der Waals surface area contributed by atoms with Gasteiger partial charge in [0.2, 0.25) is 11.9 Å². The Labute approximate surface area is 226 Å². The minimum Gasteiger partial charge on any atom is -0.457 e. The van der Waals surface area contributed by atoms with Crippen LogP contribution in [0.25, 0.3) is 0 Å². The van der Waals surface area contributed by atoms with E-state index in [4.69, 9.17) is 10.5 Å². The molecule has 39 heavy (non-hydrogen) atoms. The number of primary amides is 1. The minimum atomic E-state index is -0.805. The van der Waals surface area contributed by atoms with E-state index in [2.05, 4.69) is 37.7 Å². The van der Waals surface area contributed by atoms with Crippen molar-refractivity contribution >= 4 is 35.2 Å². The van der Waals surface area contributed by atoms with Gasteiger partial charge in [-0.15, -0.1) is 10.2 Å². The molecule has 4 rings (SSSR count). The Hall–Kier alpha value is -4.80. The van der Waals surface area contributed by atoms with Gasteiger partial charge in [-0.3, -0.25) is 9.59 Å². The predicted molar refractivity (Wildman–Crippen MR) is 146 cm³/mol. The molecule has 0 aliphatic heterocycles. The van der Waals surface area contributed by atoms with Crippen LogP contribution in [-0.2, 0) is 16.1 Å². The summed E-state index contributed by atoms with van der Waals surface area (Å²) in [6.07, 6.45) is 3.86. The van der Waals surface area contributed by atoms with Gasteiger partial charge in [-0.2, -0.15) is 4.98 Å². The highest BCUT2D eigenvalue weighted by Gasteiger charge is 2.31. The fourth-order valence-electron chi connectivity index (χ4n) is 4.49. The zero-order valence-electron chi connectivity index (χ0n) is 21.6. The number of hydrogen-bond donors (Lipinski definition) is 4. The number of nitrogens with two attached hydrogens (primary N) is 1. The number of ether oxygens (including phenoxy) is 1. The average Bonchev–Trinajstić information content (AvgIpc) is 2.94. The number of hydrogen-bond acceptors (Lipinski definition) is 9. The number of carbonyl (C=O) groups excluding carboxylic acids is 3. The Morgan fingerprint density at radius 1 is 1.08 bits per heavy atom. The summed E-state index contributed by atoms with van der Waals surface area (Å²) in [4.78, 5) is 40.9. The summed E-state index contributed by atoms with van der Waals surface area (Å²) in [5.74, 6) is -1.14. The van der Waals surface area contributed by atoms with E-state index in [9.17, 15) is 14.4 Å². The van der Waals surface area contributed by atoms with Crippen LogP contribution in [0.3, 0.4) is 0 Å². The lowest BCUT2D eigenvalue weighted by Crippen LogP contribution is -2.48. The molecule has 0 radical (unpaired) electrons. The van der Waals surface area contributed by atoms with E-state index >= 15 is 0 Å². The zero-order chi connectivity index (χ0) is 27.8. The highest BCUT2D eigenvalue weighted by Crippen LogP contribution is 2.27. The number of esters is 1. The maximum absolute atomic E-state index is 12.6. The van der Waals surface area contributed by atoms with Gasteiger partial charge in [-0.05, 0) is 55.0 Å². The Morgan fingerprint density at radius 2 is 1.85 bits per heavy atom. The van der Waals surface area contributed by atoms with Crippen molar-refractivity contribution < 1.29 is 19.1 Å². The summed E-state index contributed by atoms with van der Waals surface area (Å²) in [6, 6.07) is 15.9. The van der Waals surface area contributed by atoms with Gasteiger partial charge in [0.1, 0.15) is 6.61 Å².